The van der Waals surface area contributed by atoms with Crippen molar-refractivity contribution >= 4 is 35.1 Å². The van der Waals surface area contributed by atoms with Crippen LogP contribution in [0.4, 0.5) is 0 Å². The number of carbonyl (C=O) groups excluding carboxylic acids is 2. The number of aryl methyl sites for hydroxylation is 2. The highest BCUT2D eigenvalue weighted by Gasteiger charge is 2.40. The van der Waals surface area contributed by atoms with Gasteiger partial charge < -0.3 is 33.9 Å². The summed E-state index contributed by atoms with van der Waals surface area (Å²) in [6.45, 7) is 8.96. The maximum absolute atomic E-state index is 14.5. The van der Waals surface area contributed by atoms with Crippen LogP contribution in [-0.4, -0.2) is 76.6 Å². The molecular weight excluding hydrogens is 703 g/mol. The summed E-state index contributed by atoms with van der Waals surface area (Å²) >= 11 is 12.6. The van der Waals surface area contributed by atoms with E-state index in [-0.39, 0.29) is 36.4 Å². The molecule has 0 spiro atoms. The number of hydrogen-bond acceptors (Lipinski definition) is 8. The fourth-order valence-corrected chi connectivity index (χ4v) is 7.41. The van der Waals surface area contributed by atoms with E-state index in [1.54, 1.807) is 21.0 Å². The van der Waals surface area contributed by atoms with E-state index in [1.165, 1.54) is 7.11 Å². The van der Waals surface area contributed by atoms with Gasteiger partial charge in [-0.05, 0) is 124 Å². The molecule has 9 nitrogen and oxygen atoms in total. The number of benzene rings is 3. The van der Waals surface area contributed by atoms with E-state index in [0.717, 1.165) is 66.7 Å². The van der Waals surface area contributed by atoms with E-state index in [0.29, 0.717) is 54.5 Å². The SMILES string of the molecule is COCCCc1cc(CN(C(=O)[C@H]2CNCC[C@@H]2c2ccc(OCCOc3c(Cl)cc(C)cc3Cl)cc2)C2CC2)cc(OCC(C)(C)C(=O)OC)c1. The van der Waals surface area contributed by atoms with Crippen LogP contribution < -0.4 is 19.5 Å². The number of amides is 1. The zero-order chi connectivity index (χ0) is 37.3. The molecule has 1 amide bonds. The van der Waals surface area contributed by atoms with Crippen molar-refractivity contribution in [3.05, 3.63) is 86.9 Å². The molecule has 5 rings (SSSR count). The highest BCUT2D eigenvalue weighted by molar-refractivity contribution is 6.37. The Morgan fingerprint density at radius 1 is 0.865 bits per heavy atom. The number of carbonyl (C=O) groups is 2. The summed E-state index contributed by atoms with van der Waals surface area (Å²) in [5, 5.41) is 4.43. The van der Waals surface area contributed by atoms with Gasteiger partial charge in [0.25, 0.3) is 0 Å². The van der Waals surface area contributed by atoms with Gasteiger partial charge in [-0.2, -0.15) is 0 Å². The molecule has 11 heteroatoms. The van der Waals surface area contributed by atoms with Crippen molar-refractivity contribution in [2.75, 3.05) is 53.7 Å². The first-order chi connectivity index (χ1) is 25.0. The second-order valence-corrected chi connectivity index (χ2v) is 15.3. The zero-order valence-electron chi connectivity index (χ0n) is 31.0. The molecule has 3 aromatic rings. The summed E-state index contributed by atoms with van der Waals surface area (Å²) in [4.78, 5) is 28.8. The van der Waals surface area contributed by atoms with Crippen molar-refractivity contribution in [3.63, 3.8) is 0 Å². The lowest BCUT2D eigenvalue weighted by Gasteiger charge is -2.36. The Morgan fingerprint density at radius 3 is 2.23 bits per heavy atom. The van der Waals surface area contributed by atoms with E-state index in [9.17, 15) is 9.59 Å². The second-order valence-electron chi connectivity index (χ2n) is 14.5. The third kappa shape index (κ3) is 10.8. The minimum Gasteiger partial charge on any atom is -0.492 e. The van der Waals surface area contributed by atoms with Gasteiger partial charge in [-0.25, -0.2) is 0 Å². The number of rotatable bonds is 18. The van der Waals surface area contributed by atoms with Crippen molar-refractivity contribution in [2.45, 2.75) is 71.4 Å². The molecule has 2 atom stereocenters. The van der Waals surface area contributed by atoms with Crippen LogP contribution in [-0.2, 0) is 32.0 Å². The third-order valence-corrected chi connectivity index (χ3v) is 10.2. The van der Waals surface area contributed by atoms with Gasteiger partial charge in [0, 0.05) is 32.8 Å². The fourth-order valence-electron chi connectivity index (χ4n) is 6.71. The van der Waals surface area contributed by atoms with E-state index in [4.69, 9.17) is 46.9 Å². The number of nitrogens with one attached hydrogen (secondary N) is 1. The van der Waals surface area contributed by atoms with Crippen molar-refractivity contribution in [1.29, 1.82) is 0 Å². The lowest BCUT2D eigenvalue weighted by atomic mass is 9.80. The van der Waals surface area contributed by atoms with Crippen LogP contribution in [0.2, 0.25) is 10.0 Å². The number of nitrogens with zero attached hydrogens (tertiary/aromatic N) is 1. The Morgan fingerprint density at radius 2 is 1.56 bits per heavy atom. The molecule has 2 fully saturated rings. The fraction of sp³-hybridized carbons (Fsp3) is 0.512. The third-order valence-electron chi connectivity index (χ3n) is 9.65. The molecule has 1 saturated carbocycles. The van der Waals surface area contributed by atoms with Gasteiger partial charge in [0.05, 0.1) is 28.5 Å². The van der Waals surface area contributed by atoms with Crippen LogP contribution in [0.3, 0.4) is 0 Å². The van der Waals surface area contributed by atoms with Gasteiger partial charge in [-0.1, -0.05) is 41.4 Å². The lowest BCUT2D eigenvalue weighted by molar-refractivity contribution is -0.152. The number of piperidine rings is 1. The van der Waals surface area contributed by atoms with Crippen molar-refractivity contribution < 1.29 is 33.3 Å². The van der Waals surface area contributed by atoms with Crippen LogP contribution in [0, 0.1) is 18.3 Å². The molecule has 52 heavy (non-hydrogen) atoms. The first-order valence-electron chi connectivity index (χ1n) is 18.1. The lowest BCUT2D eigenvalue weighted by Crippen LogP contribution is -2.47. The molecule has 0 bridgehead atoms. The largest absolute Gasteiger partial charge is 0.492 e. The summed E-state index contributed by atoms with van der Waals surface area (Å²) in [6, 6.07) is 18.1. The van der Waals surface area contributed by atoms with Crippen LogP contribution in [0.1, 0.15) is 67.7 Å². The topological polar surface area (TPSA) is 95.6 Å². The highest BCUT2D eigenvalue weighted by Crippen LogP contribution is 2.38. The van der Waals surface area contributed by atoms with Gasteiger partial charge in [0.1, 0.15) is 31.3 Å². The van der Waals surface area contributed by atoms with Crippen LogP contribution in [0.5, 0.6) is 17.2 Å². The molecule has 1 saturated heterocycles. The van der Waals surface area contributed by atoms with E-state index >= 15 is 0 Å². The van der Waals surface area contributed by atoms with Gasteiger partial charge >= 0.3 is 5.97 Å². The molecule has 0 unspecified atom stereocenters. The zero-order valence-corrected chi connectivity index (χ0v) is 32.5. The monoisotopic (exact) mass is 754 g/mol. The van der Waals surface area contributed by atoms with Crippen molar-refractivity contribution in [1.82, 2.24) is 10.2 Å². The summed E-state index contributed by atoms with van der Waals surface area (Å²) in [7, 11) is 3.09. The summed E-state index contributed by atoms with van der Waals surface area (Å²) in [5.41, 5.74) is 3.41. The van der Waals surface area contributed by atoms with Crippen LogP contribution in [0.15, 0.2) is 54.6 Å². The van der Waals surface area contributed by atoms with Gasteiger partial charge in [-0.3, -0.25) is 9.59 Å². The second kappa shape index (κ2) is 18.5. The number of esters is 1. The summed E-state index contributed by atoms with van der Waals surface area (Å²) in [6.07, 6.45) is 4.54. The molecule has 3 aromatic carbocycles. The number of hydrogen-bond donors (Lipinski definition) is 1. The van der Waals surface area contributed by atoms with Crippen LogP contribution >= 0.6 is 23.2 Å². The first-order valence-corrected chi connectivity index (χ1v) is 18.9. The molecule has 0 radical (unpaired) electrons. The van der Waals surface area contributed by atoms with E-state index in [2.05, 4.69) is 28.4 Å². The van der Waals surface area contributed by atoms with Gasteiger partial charge in [0.15, 0.2) is 5.75 Å². The summed E-state index contributed by atoms with van der Waals surface area (Å²) in [5.74, 6) is 1.59. The Hall–Kier alpha value is -3.50. The maximum Gasteiger partial charge on any atom is 0.314 e. The summed E-state index contributed by atoms with van der Waals surface area (Å²) < 4.78 is 28.2. The quantitative estimate of drug-likeness (QED) is 0.104. The average molecular weight is 756 g/mol. The standard InChI is InChI=1S/C41H52Cl2N2O7/c1-27-19-36(42)38(37(43)20-27)51-18-17-50-32-12-8-30(9-13-32)34-14-15-44-24-35(34)39(46)45(31-10-11-31)25-29-21-28(7-6-16-48-4)22-33(23-29)52-26-41(2,3)40(47)49-5/h8-9,12-13,19-23,31,34-35,44H,6-7,10-11,14-18,24-26H2,1-5H3/t34-,35+/m1/s1. The smallest absolute Gasteiger partial charge is 0.314 e. The van der Waals surface area contributed by atoms with E-state index in [1.807, 2.05) is 43.3 Å². The molecule has 0 aromatic heterocycles. The van der Waals surface area contributed by atoms with Crippen molar-refractivity contribution in [3.8, 4) is 17.2 Å². The molecule has 1 aliphatic carbocycles. The number of ether oxygens (including phenoxy) is 5. The Labute approximate surface area is 318 Å². The molecule has 282 valence electrons. The predicted molar refractivity (Wildman–Crippen MR) is 204 cm³/mol. The van der Waals surface area contributed by atoms with E-state index < -0.39 is 5.41 Å². The first kappa shape index (κ1) is 39.7. The minimum absolute atomic E-state index is 0.0815. The molecule has 1 N–H and O–H groups in total. The number of methoxy groups -OCH3 is 2. The normalized spacial score (nSPS) is 17.4. The number of halogens is 2. The Balaban J connectivity index is 1.25. The Bertz CT molecular complexity index is 1640. The minimum atomic E-state index is -0.802. The maximum atomic E-state index is 14.5. The molecule has 1 aliphatic heterocycles. The Kier molecular flexibility index (Phi) is 14.1. The average Bonchev–Trinajstić information content (AvgIpc) is 3.98. The molecule has 1 heterocycles. The predicted octanol–water partition coefficient (Wildman–Crippen LogP) is 7.80. The molecular formula is C41H52Cl2N2O7. The highest BCUT2D eigenvalue weighted by atomic mass is 35.5. The molecule has 2 aliphatic rings. The van der Waals surface area contributed by atoms with Crippen LogP contribution in [0.25, 0.3) is 0 Å². The van der Waals surface area contributed by atoms with Gasteiger partial charge in [0.2, 0.25) is 5.91 Å². The van der Waals surface area contributed by atoms with Crippen molar-refractivity contribution in [2.24, 2.45) is 11.3 Å². The van der Waals surface area contributed by atoms with Gasteiger partial charge in [-0.15, -0.1) is 0 Å².